The first kappa shape index (κ1) is 19.6. The van der Waals surface area contributed by atoms with Crippen LogP contribution in [0, 0.1) is 0 Å². The van der Waals surface area contributed by atoms with Crippen molar-refractivity contribution in [3.63, 3.8) is 0 Å². The van der Waals surface area contributed by atoms with Gasteiger partial charge in [-0.05, 0) is 85.0 Å². The number of para-hydroxylation sites is 2. The van der Waals surface area contributed by atoms with Crippen molar-refractivity contribution >= 4 is 17.3 Å². The Bertz CT molecular complexity index is 1110. The predicted molar refractivity (Wildman–Crippen MR) is 121 cm³/mol. The summed E-state index contributed by atoms with van der Waals surface area (Å²) in [6, 6.07) is 16.7. The van der Waals surface area contributed by atoms with Gasteiger partial charge in [-0.3, -0.25) is 4.98 Å². The lowest BCUT2D eigenvalue weighted by Gasteiger charge is -2.33. The minimum Gasteiger partial charge on any atom is -0.490 e. The number of carboxylic acid groups (broad SMARTS) is 1. The van der Waals surface area contributed by atoms with Crippen molar-refractivity contribution < 1.29 is 14.6 Å². The molecule has 1 N–H and O–H groups in total. The molecule has 2 heterocycles. The number of hydrogen-bond acceptors (Lipinski definition) is 4. The van der Waals surface area contributed by atoms with Crippen molar-refractivity contribution in [2.75, 3.05) is 18.1 Å². The topological polar surface area (TPSA) is 62.7 Å². The Morgan fingerprint density at radius 1 is 1.19 bits per heavy atom. The van der Waals surface area contributed by atoms with Gasteiger partial charge in [-0.25, -0.2) is 4.79 Å². The number of ether oxygens (including phenoxy) is 1. The monoisotopic (exact) mass is 414 g/mol. The van der Waals surface area contributed by atoms with Crippen LogP contribution < -0.4 is 9.64 Å². The lowest BCUT2D eigenvalue weighted by atomic mass is 9.79. The summed E-state index contributed by atoms with van der Waals surface area (Å²) >= 11 is 0. The SMILES string of the molecule is O=C(O)c1ccncc1CCC1CCCc2cc(N3CCOc4ccccc43)ccc21. The zero-order chi connectivity index (χ0) is 21.2. The van der Waals surface area contributed by atoms with Crippen LogP contribution in [0.4, 0.5) is 11.4 Å². The molecule has 1 aliphatic carbocycles. The normalized spacial score (nSPS) is 17.4. The summed E-state index contributed by atoms with van der Waals surface area (Å²) in [7, 11) is 0. The molecule has 0 radical (unpaired) electrons. The molecule has 0 saturated carbocycles. The van der Waals surface area contributed by atoms with Crippen LogP contribution in [0.3, 0.4) is 0 Å². The number of nitrogens with zero attached hydrogens (tertiary/aromatic N) is 2. The summed E-state index contributed by atoms with van der Waals surface area (Å²) in [5.41, 5.74) is 6.37. The van der Waals surface area contributed by atoms with Crippen LogP contribution in [0.1, 0.15) is 52.2 Å². The van der Waals surface area contributed by atoms with Gasteiger partial charge < -0.3 is 14.7 Å². The third-order valence-electron chi connectivity index (χ3n) is 6.50. The van der Waals surface area contributed by atoms with Gasteiger partial charge >= 0.3 is 5.97 Å². The molecule has 0 bridgehead atoms. The summed E-state index contributed by atoms with van der Waals surface area (Å²) in [4.78, 5) is 18.0. The van der Waals surface area contributed by atoms with E-state index in [-0.39, 0.29) is 0 Å². The third-order valence-corrected chi connectivity index (χ3v) is 6.50. The summed E-state index contributed by atoms with van der Waals surface area (Å²) in [6.07, 6.45) is 8.34. The number of carbonyl (C=O) groups is 1. The van der Waals surface area contributed by atoms with E-state index in [2.05, 4.69) is 40.2 Å². The van der Waals surface area contributed by atoms with Gasteiger partial charge in [0, 0.05) is 18.1 Å². The number of aromatic carboxylic acids is 1. The van der Waals surface area contributed by atoms with E-state index in [0.717, 1.165) is 49.2 Å². The Morgan fingerprint density at radius 3 is 3.00 bits per heavy atom. The Labute approximate surface area is 182 Å². The van der Waals surface area contributed by atoms with E-state index < -0.39 is 5.97 Å². The second-order valence-electron chi connectivity index (χ2n) is 8.32. The highest BCUT2D eigenvalue weighted by Gasteiger charge is 2.24. The maximum atomic E-state index is 11.5. The molecule has 5 heteroatoms. The molecule has 2 aliphatic rings. The van der Waals surface area contributed by atoms with Gasteiger partial charge in [-0.1, -0.05) is 18.2 Å². The fraction of sp³-hybridized carbons (Fsp3) is 0.308. The summed E-state index contributed by atoms with van der Waals surface area (Å²) in [6.45, 7) is 1.53. The molecule has 0 fully saturated rings. The number of carboxylic acids is 1. The summed E-state index contributed by atoms with van der Waals surface area (Å²) in [5, 5.41) is 9.44. The van der Waals surface area contributed by atoms with Crippen LogP contribution in [-0.2, 0) is 12.8 Å². The number of benzene rings is 2. The number of hydrogen-bond donors (Lipinski definition) is 1. The first-order valence-corrected chi connectivity index (χ1v) is 11.0. The number of aromatic nitrogens is 1. The molecule has 0 saturated heterocycles. The fourth-order valence-electron chi connectivity index (χ4n) is 4.97. The minimum absolute atomic E-state index is 0.368. The van der Waals surface area contributed by atoms with Crippen LogP contribution in [-0.4, -0.2) is 29.2 Å². The molecule has 158 valence electrons. The predicted octanol–water partition coefficient (Wildman–Crippen LogP) is 5.36. The molecule has 1 aromatic heterocycles. The molecule has 1 atom stereocenters. The first-order valence-electron chi connectivity index (χ1n) is 11.0. The highest BCUT2D eigenvalue weighted by molar-refractivity contribution is 5.89. The average Bonchev–Trinajstić information content (AvgIpc) is 2.82. The average molecular weight is 415 g/mol. The molecule has 31 heavy (non-hydrogen) atoms. The molecular weight excluding hydrogens is 388 g/mol. The Morgan fingerprint density at radius 2 is 2.10 bits per heavy atom. The number of rotatable bonds is 5. The van der Waals surface area contributed by atoms with Crippen LogP contribution in [0.2, 0.25) is 0 Å². The van der Waals surface area contributed by atoms with E-state index >= 15 is 0 Å². The minimum atomic E-state index is -0.878. The lowest BCUT2D eigenvalue weighted by Crippen LogP contribution is -2.28. The van der Waals surface area contributed by atoms with Crippen molar-refractivity contribution in [3.8, 4) is 5.75 Å². The van der Waals surface area contributed by atoms with Gasteiger partial charge in [0.05, 0.1) is 17.8 Å². The van der Waals surface area contributed by atoms with Gasteiger partial charge in [0.15, 0.2) is 0 Å². The fourth-order valence-corrected chi connectivity index (χ4v) is 4.97. The smallest absolute Gasteiger partial charge is 0.336 e. The number of anilines is 2. The zero-order valence-corrected chi connectivity index (χ0v) is 17.5. The van der Waals surface area contributed by atoms with E-state index in [1.807, 2.05) is 12.1 Å². The summed E-state index contributed by atoms with van der Waals surface area (Å²) < 4.78 is 5.82. The van der Waals surface area contributed by atoms with Gasteiger partial charge in [0.25, 0.3) is 0 Å². The molecule has 5 nitrogen and oxygen atoms in total. The first-order chi connectivity index (χ1) is 15.2. The number of pyridine rings is 1. The number of fused-ring (bicyclic) bond motifs is 2. The van der Waals surface area contributed by atoms with E-state index in [9.17, 15) is 9.90 Å². The molecular formula is C26H26N2O3. The van der Waals surface area contributed by atoms with Crippen LogP contribution in [0.25, 0.3) is 0 Å². The zero-order valence-electron chi connectivity index (χ0n) is 17.5. The molecule has 5 rings (SSSR count). The van der Waals surface area contributed by atoms with Crippen LogP contribution >= 0.6 is 0 Å². The summed E-state index contributed by atoms with van der Waals surface area (Å²) in [5.74, 6) is 0.517. The molecule has 1 aliphatic heterocycles. The van der Waals surface area contributed by atoms with Crippen LogP contribution in [0.15, 0.2) is 60.9 Å². The second kappa shape index (κ2) is 8.42. The Balaban J connectivity index is 1.38. The molecule has 2 aromatic carbocycles. The Kier molecular flexibility index (Phi) is 5.33. The Hall–Kier alpha value is -3.34. The van der Waals surface area contributed by atoms with Crippen molar-refractivity contribution in [3.05, 3.63) is 83.2 Å². The highest BCUT2D eigenvalue weighted by atomic mass is 16.5. The largest absolute Gasteiger partial charge is 0.490 e. The van der Waals surface area contributed by atoms with Crippen molar-refractivity contribution in [2.24, 2.45) is 0 Å². The van der Waals surface area contributed by atoms with E-state index in [0.29, 0.717) is 18.1 Å². The van der Waals surface area contributed by atoms with Gasteiger partial charge in [-0.15, -0.1) is 0 Å². The molecule has 3 aromatic rings. The van der Waals surface area contributed by atoms with Gasteiger partial charge in [0.1, 0.15) is 12.4 Å². The second-order valence-corrected chi connectivity index (χ2v) is 8.32. The van der Waals surface area contributed by atoms with Crippen molar-refractivity contribution in [1.82, 2.24) is 4.98 Å². The van der Waals surface area contributed by atoms with Gasteiger partial charge in [0.2, 0.25) is 0 Å². The van der Waals surface area contributed by atoms with Crippen LogP contribution in [0.5, 0.6) is 5.75 Å². The maximum Gasteiger partial charge on any atom is 0.336 e. The standard InChI is InChI=1S/C26H26N2O3/c29-26(30)23-12-13-27-17-20(23)9-8-18-4-3-5-19-16-21(10-11-22(18)19)28-14-15-31-25-7-2-1-6-24(25)28/h1-2,6-7,10-13,16-18H,3-5,8-9,14-15H2,(H,29,30). The van der Waals surface area contributed by atoms with Crippen molar-refractivity contribution in [1.29, 1.82) is 0 Å². The van der Waals surface area contributed by atoms with Gasteiger partial charge in [-0.2, -0.15) is 0 Å². The van der Waals surface area contributed by atoms with E-state index in [1.54, 1.807) is 18.5 Å². The quantitative estimate of drug-likeness (QED) is 0.609. The third kappa shape index (κ3) is 3.88. The maximum absolute atomic E-state index is 11.5. The van der Waals surface area contributed by atoms with E-state index in [1.165, 1.54) is 23.2 Å². The molecule has 1 unspecified atom stereocenters. The van der Waals surface area contributed by atoms with Crippen molar-refractivity contribution in [2.45, 2.75) is 38.0 Å². The number of aryl methyl sites for hydroxylation is 2. The lowest BCUT2D eigenvalue weighted by molar-refractivity contribution is 0.0695. The highest BCUT2D eigenvalue weighted by Crippen LogP contribution is 2.40. The molecule has 0 amide bonds. The van der Waals surface area contributed by atoms with E-state index in [4.69, 9.17) is 4.74 Å². The molecule has 0 spiro atoms.